The van der Waals surface area contributed by atoms with Crippen LogP contribution in [0.25, 0.3) is 0 Å². The van der Waals surface area contributed by atoms with Crippen LogP contribution in [0.1, 0.15) is 6.92 Å². The van der Waals surface area contributed by atoms with E-state index in [0.29, 0.717) is 11.1 Å². The zero-order chi connectivity index (χ0) is 9.84. The van der Waals surface area contributed by atoms with Gasteiger partial charge in [-0.25, -0.2) is 4.98 Å². The minimum Gasteiger partial charge on any atom is -0.356 e. The van der Waals surface area contributed by atoms with E-state index in [9.17, 15) is 0 Å². The average molecular weight is 264 g/mol. The first-order chi connectivity index (χ1) is 6.15. The highest BCUT2D eigenvalue weighted by Crippen LogP contribution is 2.15. The largest absolute Gasteiger partial charge is 0.356 e. The molecule has 0 saturated heterocycles. The molecule has 0 aliphatic carbocycles. The Kier molecular flexibility index (Phi) is 4.00. The fourth-order valence-electron chi connectivity index (χ4n) is 0.906. The molecule has 0 aliphatic rings. The Morgan fingerprint density at radius 2 is 2.31 bits per heavy atom. The third kappa shape index (κ3) is 2.85. The minimum absolute atomic E-state index is 0.425. The van der Waals surface area contributed by atoms with E-state index in [1.54, 1.807) is 6.20 Å². The van der Waals surface area contributed by atoms with Crippen molar-refractivity contribution in [2.24, 2.45) is 0 Å². The van der Waals surface area contributed by atoms with Crippen molar-refractivity contribution < 1.29 is 0 Å². The maximum Gasteiger partial charge on any atom is 0.128 e. The Hall–Kier alpha value is -0.280. The maximum absolute atomic E-state index is 5.74. The van der Waals surface area contributed by atoms with Gasteiger partial charge in [0.2, 0.25) is 0 Å². The summed E-state index contributed by atoms with van der Waals surface area (Å²) in [6, 6.07) is 4.19. The second kappa shape index (κ2) is 4.82. The standard InChI is InChI=1S/C9H12BrClN2/c1-7(5-10)13(2)9-4-3-8(11)6-12-9/h3-4,6-7H,5H2,1-2H3. The zero-order valence-corrected chi connectivity index (χ0v) is 10.0. The van der Waals surface area contributed by atoms with Gasteiger partial charge in [0, 0.05) is 24.6 Å². The summed E-state index contributed by atoms with van der Waals surface area (Å²) in [6.45, 7) is 2.13. The first kappa shape index (κ1) is 10.8. The molecule has 1 heterocycles. The van der Waals surface area contributed by atoms with Gasteiger partial charge in [0.05, 0.1) is 5.02 Å². The first-order valence-corrected chi connectivity index (χ1v) is 5.55. The van der Waals surface area contributed by atoms with E-state index in [-0.39, 0.29) is 0 Å². The summed E-state index contributed by atoms with van der Waals surface area (Å²) in [7, 11) is 2.02. The fourth-order valence-corrected chi connectivity index (χ4v) is 1.45. The lowest BCUT2D eigenvalue weighted by molar-refractivity contribution is 0.757. The van der Waals surface area contributed by atoms with Gasteiger partial charge in [-0.15, -0.1) is 0 Å². The normalized spacial score (nSPS) is 12.6. The Balaban J connectivity index is 2.77. The molecule has 1 rings (SSSR count). The van der Waals surface area contributed by atoms with Crippen LogP contribution >= 0.6 is 27.5 Å². The molecule has 2 nitrogen and oxygen atoms in total. The number of aromatic nitrogens is 1. The number of hydrogen-bond donors (Lipinski definition) is 0. The molecule has 0 radical (unpaired) electrons. The molecule has 0 saturated carbocycles. The average Bonchev–Trinajstić information content (AvgIpc) is 2.17. The zero-order valence-electron chi connectivity index (χ0n) is 7.67. The molecule has 0 amide bonds. The topological polar surface area (TPSA) is 16.1 Å². The second-order valence-electron chi connectivity index (χ2n) is 2.95. The third-order valence-corrected chi connectivity index (χ3v) is 3.12. The summed E-state index contributed by atoms with van der Waals surface area (Å²) < 4.78 is 0. The van der Waals surface area contributed by atoms with Gasteiger partial charge >= 0.3 is 0 Å². The molecule has 1 unspecified atom stereocenters. The number of nitrogens with zero attached hydrogens (tertiary/aromatic N) is 2. The van der Waals surface area contributed by atoms with Crippen LogP contribution in [0.2, 0.25) is 5.02 Å². The van der Waals surface area contributed by atoms with E-state index in [1.165, 1.54) is 0 Å². The van der Waals surface area contributed by atoms with Crippen LogP contribution in [0, 0.1) is 0 Å². The molecule has 0 N–H and O–H groups in total. The van der Waals surface area contributed by atoms with Crippen LogP contribution in [-0.4, -0.2) is 23.4 Å². The summed E-state index contributed by atoms with van der Waals surface area (Å²) in [4.78, 5) is 6.32. The van der Waals surface area contributed by atoms with Gasteiger partial charge in [0.1, 0.15) is 5.82 Å². The van der Waals surface area contributed by atoms with Crippen LogP contribution in [-0.2, 0) is 0 Å². The third-order valence-electron chi connectivity index (χ3n) is 1.96. The van der Waals surface area contributed by atoms with Crippen molar-refractivity contribution in [2.45, 2.75) is 13.0 Å². The smallest absolute Gasteiger partial charge is 0.128 e. The summed E-state index contributed by atoms with van der Waals surface area (Å²) in [5.74, 6) is 0.941. The van der Waals surface area contributed by atoms with Crippen molar-refractivity contribution in [1.82, 2.24) is 4.98 Å². The van der Waals surface area contributed by atoms with E-state index in [4.69, 9.17) is 11.6 Å². The van der Waals surface area contributed by atoms with E-state index in [2.05, 4.69) is 32.7 Å². The van der Waals surface area contributed by atoms with Crippen LogP contribution < -0.4 is 4.90 Å². The number of rotatable bonds is 3. The Labute approximate surface area is 92.0 Å². The van der Waals surface area contributed by atoms with Gasteiger partial charge in [0.15, 0.2) is 0 Å². The SMILES string of the molecule is CC(CBr)N(C)c1ccc(Cl)cn1. The molecule has 0 spiro atoms. The number of hydrogen-bond acceptors (Lipinski definition) is 2. The Morgan fingerprint density at radius 3 is 2.77 bits per heavy atom. The summed E-state index contributed by atoms with van der Waals surface area (Å²) in [5, 5.41) is 1.59. The molecular weight excluding hydrogens is 251 g/mol. The monoisotopic (exact) mass is 262 g/mol. The van der Waals surface area contributed by atoms with Crippen molar-refractivity contribution in [2.75, 3.05) is 17.3 Å². The van der Waals surface area contributed by atoms with Crippen molar-refractivity contribution in [3.05, 3.63) is 23.4 Å². The van der Waals surface area contributed by atoms with Gasteiger partial charge < -0.3 is 4.90 Å². The van der Waals surface area contributed by atoms with Gasteiger partial charge in [-0.3, -0.25) is 0 Å². The van der Waals surface area contributed by atoms with Crippen molar-refractivity contribution in [3.63, 3.8) is 0 Å². The van der Waals surface area contributed by atoms with Gasteiger partial charge in [-0.05, 0) is 19.1 Å². The molecule has 1 atom stereocenters. The first-order valence-electron chi connectivity index (χ1n) is 4.05. The fraction of sp³-hybridized carbons (Fsp3) is 0.444. The number of pyridine rings is 1. The Morgan fingerprint density at radius 1 is 1.62 bits per heavy atom. The Bertz CT molecular complexity index is 263. The van der Waals surface area contributed by atoms with Crippen LogP contribution in [0.3, 0.4) is 0 Å². The lowest BCUT2D eigenvalue weighted by Crippen LogP contribution is -2.30. The van der Waals surface area contributed by atoms with Gasteiger partial charge in [-0.2, -0.15) is 0 Å². The lowest BCUT2D eigenvalue weighted by atomic mass is 10.3. The predicted molar refractivity (Wildman–Crippen MR) is 60.9 cm³/mol. The molecule has 4 heteroatoms. The highest BCUT2D eigenvalue weighted by molar-refractivity contribution is 9.09. The van der Waals surface area contributed by atoms with Crippen molar-refractivity contribution in [3.8, 4) is 0 Å². The molecule has 72 valence electrons. The van der Waals surface area contributed by atoms with Crippen LogP contribution in [0.15, 0.2) is 18.3 Å². The maximum atomic E-state index is 5.74. The number of alkyl halides is 1. The van der Waals surface area contributed by atoms with Gasteiger partial charge in [-0.1, -0.05) is 27.5 Å². The summed E-state index contributed by atoms with van der Waals surface area (Å²) in [5.41, 5.74) is 0. The molecule has 0 bridgehead atoms. The number of anilines is 1. The van der Waals surface area contributed by atoms with Crippen LogP contribution in [0.5, 0.6) is 0 Å². The van der Waals surface area contributed by atoms with E-state index in [0.717, 1.165) is 11.1 Å². The van der Waals surface area contributed by atoms with Crippen molar-refractivity contribution >= 4 is 33.3 Å². The molecule has 0 aromatic carbocycles. The molecule has 13 heavy (non-hydrogen) atoms. The summed E-state index contributed by atoms with van der Waals surface area (Å²) in [6.07, 6.45) is 1.66. The highest BCUT2D eigenvalue weighted by Gasteiger charge is 2.08. The quantitative estimate of drug-likeness (QED) is 0.780. The van der Waals surface area contributed by atoms with Crippen molar-refractivity contribution in [1.29, 1.82) is 0 Å². The van der Waals surface area contributed by atoms with E-state index < -0.39 is 0 Å². The minimum atomic E-state index is 0.425. The molecule has 1 aromatic heterocycles. The van der Waals surface area contributed by atoms with Gasteiger partial charge in [0.25, 0.3) is 0 Å². The summed E-state index contributed by atoms with van der Waals surface area (Å²) >= 11 is 9.17. The highest BCUT2D eigenvalue weighted by atomic mass is 79.9. The molecule has 0 fully saturated rings. The van der Waals surface area contributed by atoms with Crippen LogP contribution in [0.4, 0.5) is 5.82 Å². The predicted octanol–water partition coefficient (Wildman–Crippen LogP) is 2.95. The molecule has 0 aliphatic heterocycles. The number of halogens is 2. The second-order valence-corrected chi connectivity index (χ2v) is 4.03. The molecular formula is C9H12BrClN2. The van der Waals surface area contributed by atoms with E-state index in [1.807, 2.05) is 19.2 Å². The molecule has 1 aromatic rings. The lowest BCUT2D eigenvalue weighted by Gasteiger charge is -2.23. The van der Waals surface area contributed by atoms with E-state index >= 15 is 0 Å².